The molecule has 0 aromatic rings. The molecule has 8 heteroatoms. The van der Waals surface area contributed by atoms with Crippen molar-refractivity contribution in [2.75, 3.05) is 41.0 Å². The van der Waals surface area contributed by atoms with Crippen LogP contribution in [0, 0.1) is 0 Å². The van der Waals surface area contributed by atoms with Crippen molar-refractivity contribution in [3.05, 3.63) is 72.9 Å². The molecule has 0 aliphatic rings. The number of allylic oxidation sites excluding steroid dienone is 12. The van der Waals surface area contributed by atoms with Crippen molar-refractivity contribution in [3.63, 3.8) is 0 Å². The summed E-state index contributed by atoms with van der Waals surface area (Å²) in [6, 6.07) is -0.739. The first kappa shape index (κ1) is 52.8. The summed E-state index contributed by atoms with van der Waals surface area (Å²) >= 11 is 0. The van der Waals surface area contributed by atoms with Gasteiger partial charge in [-0.05, 0) is 77.0 Å². The lowest BCUT2D eigenvalue weighted by atomic mass is 10.1. The molecule has 0 heterocycles. The molecule has 0 aliphatic heterocycles. The molecule has 8 nitrogen and oxygen atoms in total. The van der Waals surface area contributed by atoms with Crippen LogP contribution in [0.3, 0.4) is 0 Å². The van der Waals surface area contributed by atoms with E-state index >= 15 is 0 Å². The second kappa shape index (κ2) is 38.6. The molecule has 0 fully saturated rings. The Kier molecular flexibility index (Phi) is 36.4. The van der Waals surface area contributed by atoms with Gasteiger partial charge in [-0.25, -0.2) is 0 Å². The van der Waals surface area contributed by atoms with Gasteiger partial charge in [-0.15, -0.1) is 0 Å². The molecule has 0 rings (SSSR count). The van der Waals surface area contributed by atoms with Crippen molar-refractivity contribution in [3.8, 4) is 0 Å². The van der Waals surface area contributed by atoms with Crippen molar-refractivity contribution in [2.45, 2.75) is 174 Å². The molecule has 0 aromatic heterocycles. The highest BCUT2D eigenvalue weighted by molar-refractivity contribution is 5.70. The lowest BCUT2D eigenvalue weighted by Crippen LogP contribution is -2.55. The summed E-state index contributed by atoms with van der Waals surface area (Å²) in [5.41, 5.74) is 0. The van der Waals surface area contributed by atoms with Crippen LogP contribution in [0.5, 0.6) is 0 Å². The molecule has 320 valence electrons. The van der Waals surface area contributed by atoms with Crippen LogP contribution in [0.4, 0.5) is 0 Å². The van der Waals surface area contributed by atoms with E-state index < -0.39 is 18.1 Å². The number of esters is 2. The number of quaternary nitrogens is 1. The Balaban J connectivity index is 4.47. The van der Waals surface area contributed by atoms with E-state index in [1.165, 1.54) is 64.2 Å². The number of ether oxygens (including phenoxy) is 3. The Morgan fingerprint density at radius 2 is 1.02 bits per heavy atom. The Morgan fingerprint density at radius 1 is 0.554 bits per heavy atom. The smallest absolute Gasteiger partial charge is 0.306 e. The normalized spacial score (nSPS) is 13.7. The largest absolute Gasteiger partial charge is 0.544 e. The molecule has 0 bridgehead atoms. The first-order valence-corrected chi connectivity index (χ1v) is 22.0. The molecule has 0 N–H and O–H groups in total. The van der Waals surface area contributed by atoms with E-state index in [0.29, 0.717) is 12.8 Å². The molecule has 0 saturated carbocycles. The molecule has 2 unspecified atom stereocenters. The zero-order valence-electron chi connectivity index (χ0n) is 36.3. The lowest BCUT2D eigenvalue weighted by Gasteiger charge is -2.34. The maximum Gasteiger partial charge on any atom is 0.306 e. The number of carbonyl (C=O) groups excluding carboxylic acids is 3. The number of carbonyl (C=O) groups is 3. The molecule has 2 atom stereocenters. The number of hydrogen-bond donors (Lipinski definition) is 0. The second-order valence-electron chi connectivity index (χ2n) is 15.5. The minimum atomic E-state index is -1.14. The third-order valence-electron chi connectivity index (χ3n) is 9.33. The molecule has 0 radical (unpaired) electrons. The number of aliphatic carboxylic acids is 1. The van der Waals surface area contributed by atoms with Crippen molar-refractivity contribution in [1.29, 1.82) is 0 Å². The van der Waals surface area contributed by atoms with Crippen LogP contribution >= 0.6 is 0 Å². The van der Waals surface area contributed by atoms with E-state index in [-0.39, 0.29) is 49.1 Å². The predicted octanol–water partition coefficient (Wildman–Crippen LogP) is 10.6. The molecule has 0 aromatic carbocycles. The summed E-state index contributed by atoms with van der Waals surface area (Å²) in [5.74, 6) is -1.82. The van der Waals surface area contributed by atoms with Crippen molar-refractivity contribution in [2.24, 2.45) is 0 Å². The molecular weight excluding hydrogens is 703 g/mol. The van der Waals surface area contributed by atoms with E-state index in [4.69, 9.17) is 14.2 Å². The van der Waals surface area contributed by atoms with E-state index in [2.05, 4.69) is 86.8 Å². The highest BCUT2D eigenvalue weighted by Crippen LogP contribution is 2.13. The van der Waals surface area contributed by atoms with Crippen LogP contribution in [-0.4, -0.2) is 75.5 Å². The number of hydrogen-bond acceptors (Lipinski definition) is 7. The summed E-state index contributed by atoms with van der Waals surface area (Å²) in [7, 11) is 5.38. The van der Waals surface area contributed by atoms with Gasteiger partial charge in [0.2, 0.25) is 0 Å². The Morgan fingerprint density at radius 3 is 1.55 bits per heavy atom. The summed E-state index contributed by atoms with van der Waals surface area (Å²) in [6.07, 6.45) is 47.9. The minimum Gasteiger partial charge on any atom is -0.544 e. The van der Waals surface area contributed by atoms with Gasteiger partial charge in [0.15, 0.2) is 6.10 Å². The average molecular weight is 784 g/mol. The van der Waals surface area contributed by atoms with E-state index in [9.17, 15) is 19.5 Å². The molecule has 0 saturated heterocycles. The van der Waals surface area contributed by atoms with Crippen molar-refractivity contribution in [1.82, 2.24) is 0 Å². The fourth-order valence-corrected chi connectivity index (χ4v) is 5.92. The van der Waals surface area contributed by atoms with E-state index in [0.717, 1.165) is 57.8 Å². The predicted molar refractivity (Wildman–Crippen MR) is 231 cm³/mol. The monoisotopic (exact) mass is 784 g/mol. The summed E-state index contributed by atoms with van der Waals surface area (Å²) in [6.45, 7) is 4.45. The first-order chi connectivity index (χ1) is 27.1. The minimum absolute atomic E-state index is 0.0133. The Labute approximate surface area is 342 Å². The maximum absolute atomic E-state index is 12.7. The fourth-order valence-electron chi connectivity index (χ4n) is 5.92. The maximum atomic E-state index is 12.7. The molecule has 0 spiro atoms. The van der Waals surface area contributed by atoms with Crippen LogP contribution in [0.1, 0.15) is 162 Å². The Hall–Kier alpha value is -3.23. The van der Waals surface area contributed by atoms with Crippen LogP contribution < -0.4 is 5.11 Å². The molecular formula is C48H81NO7. The summed E-state index contributed by atoms with van der Waals surface area (Å²) in [5, 5.41) is 11.6. The van der Waals surface area contributed by atoms with Gasteiger partial charge in [0.1, 0.15) is 12.6 Å². The topological polar surface area (TPSA) is 102 Å². The van der Waals surface area contributed by atoms with E-state index in [1.54, 1.807) is 21.1 Å². The second-order valence-corrected chi connectivity index (χ2v) is 15.5. The van der Waals surface area contributed by atoms with Gasteiger partial charge in [-0.3, -0.25) is 9.59 Å². The van der Waals surface area contributed by atoms with Gasteiger partial charge in [-0.1, -0.05) is 138 Å². The van der Waals surface area contributed by atoms with Gasteiger partial charge >= 0.3 is 11.9 Å². The molecule has 56 heavy (non-hydrogen) atoms. The van der Waals surface area contributed by atoms with Crippen LogP contribution in [-0.2, 0) is 28.6 Å². The van der Waals surface area contributed by atoms with Crippen LogP contribution in [0.2, 0.25) is 0 Å². The quantitative estimate of drug-likeness (QED) is 0.0266. The van der Waals surface area contributed by atoms with Gasteiger partial charge in [0, 0.05) is 19.3 Å². The molecule has 0 amide bonds. The number of unbranched alkanes of at least 4 members (excludes halogenated alkanes) is 12. The van der Waals surface area contributed by atoms with Gasteiger partial charge in [-0.2, -0.15) is 0 Å². The molecule has 0 aliphatic carbocycles. The van der Waals surface area contributed by atoms with Gasteiger partial charge in [0.25, 0.3) is 0 Å². The van der Waals surface area contributed by atoms with Gasteiger partial charge < -0.3 is 28.6 Å². The zero-order chi connectivity index (χ0) is 41.4. The van der Waals surface area contributed by atoms with Crippen molar-refractivity contribution < 1.29 is 38.2 Å². The summed E-state index contributed by atoms with van der Waals surface area (Å²) in [4.78, 5) is 36.8. The zero-order valence-corrected chi connectivity index (χ0v) is 36.3. The number of nitrogens with zero attached hydrogens (tertiary/aromatic N) is 1. The standard InChI is InChI=1S/C48H81NO7/c1-6-8-10-12-14-16-18-20-22-23-25-27-29-31-33-35-37-39-47(51)56-44(42-54-41-40-45(48(52)53)49(3,4)5)43-55-46(50)38-36-34-32-30-28-26-24-21-19-17-15-13-11-9-7-2/h8,10,14,16-17,19-20,22,25,27,31,33,44-45H,6-7,9,11-13,15,18,21,23-24,26,28-30,32,34-43H2,1-5H3/b10-8+,16-14+,19-17+,22-20+,27-25+,33-31+. The number of rotatable bonds is 38. The average Bonchev–Trinajstić information content (AvgIpc) is 3.15. The first-order valence-electron chi connectivity index (χ1n) is 22.0. The summed E-state index contributed by atoms with van der Waals surface area (Å²) < 4.78 is 17.1. The number of likely N-dealkylation sites (N-methyl/N-ethyl adjacent to an activating group) is 1. The van der Waals surface area contributed by atoms with Crippen molar-refractivity contribution >= 4 is 17.9 Å². The highest BCUT2D eigenvalue weighted by Gasteiger charge is 2.25. The Bertz CT molecular complexity index is 1140. The van der Waals surface area contributed by atoms with E-state index in [1.807, 2.05) is 0 Å². The van der Waals surface area contributed by atoms with Crippen LogP contribution in [0.15, 0.2) is 72.9 Å². The lowest BCUT2D eigenvalue weighted by molar-refractivity contribution is -0.889. The van der Waals surface area contributed by atoms with Gasteiger partial charge in [0.05, 0.1) is 40.3 Å². The number of carboxylic acids is 1. The fraction of sp³-hybridized carbons (Fsp3) is 0.688. The highest BCUT2D eigenvalue weighted by atomic mass is 16.6. The van der Waals surface area contributed by atoms with Crippen LogP contribution in [0.25, 0.3) is 0 Å². The third-order valence-corrected chi connectivity index (χ3v) is 9.33. The number of carboxylic acid groups (broad SMARTS) is 1. The SMILES string of the molecule is CC/C=C/C/C=C/C/C=C/C/C=C/C/C=C/CCCC(=O)OC(COCCC(C(=O)[O-])[N+](C)(C)C)COC(=O)CCCCCCCCC/C=C/CCCCCC. The third kappa shape index (κ3) is 36.4.